The van der Waals surface area contributed by atoms with Crippen LogP contribution in [0, 0.1) is 11.7 Å². The van der Waals surface area contributed by atoms with Crippen molar-refractivity contribution < 1.29 is 14.3 Å². The molecule has 1 atom stereocenters. The highest BCUT2D eigenvalue weighted by atomic mass is 19.1. The standard InChI is InChI=1S/C17H25FN2O2/c1-12(2)15(9-20-10-17(3,22)11-20)19(4)16(21)13-5-7-14(18)8-6-13/h5-8,12,15,22H,9-11H2,1-4H3. The number of benzene rings is 1. The predicted octanol–water partition coefficient (Wildman–Crippen LogP) is 1.99. The van der Waals surface area contributed by atoms with E-state index in [-0.39, 0.29) is 17.8 Å². The highest BCUT2D eigenvalue weighted by Gasteiger charge is 2.38. The average molecular weight is 308 g/mol. The zero-order valence-corrected chi connectivity index (χ0v) is 13.7. The molecule has 5 heteroatoms. The van der Waals surface area contributed by atoms with Crippen LogP contribution < -0.4 is 0 Å². The Kier molecular flexibility index (Phi) is 4.87. The summed E-state index contributed by atoms with van der Waals surface area (Å²) in [4.78, 5) is 16.4. The van der Waals surface area contributed by atoms with E-state index in [1.807, 2.05) is 6.92 Å². The first-order valence-electron chi connectivity index (χ1n) is 7.67. The summed E-state index contributed by atoms with van der Waals surface area (Å²) in [5.74, 6) is -0.159. The number of hydrogen-bond donors (Lipinski definition) is 1. The maximum absolute atomic E-state index is 13.0. The molecule has 1 unspecified atom stereocenters. The van der Waals surface area contributed by atoms with E-state index in [0.29, 0.717) is 24.6 Å². The molecule has 22 heavy (non-hydrogen) atoms. The number of carbonyl (C=O) groups is 1. The fourth-order valence-corrected chi connectivity index (χ4v) is 3.04. The zero-order chi connectivity index (χ0) is 16.5. The lowest BCUT2D eigenvalue weighted by atomic mass is 9.93. The molecular weight excluding hydrogens is 283 g/mol. The van der Waals surface area contributed by atoms with Crippen molar-refractivity contribution in [2.75, 3.05) is 26.7 Å². The lowest BCUT2D eigenvalue weighted by Gasteiger charge is -2.47. The molecule has 4 nitrogen and oxygen atoms in total. The molecule has 0 bridgehead atoms. The van der Waals surface area contributed by atoms with Gasteiger partial charge >= 0.3 is 0 Å². The van der Waals surface area contributed by atoms with Gasteiger partial charge in [-0.15, -0.1) is 0 Å². The highest BCUT2D eigenvalue weighted by molar-refractivity contribution is 5.94. The fourth-order valence-electron chi connectivity index (χ4n) is 3.04. The van der Waals surface area contributed by atoms with Crippen LogP contribution in [0.1, 0.15) is 31.1 Å². The van der Waals surface area contributed by atoms with E-state index in [4.69, 9.17) is 0 Å². The Balaban J connectivity index is 2.04. The topological polar surface area (TPSA) is 43.8 Å². The first kappa shape index (κ1) is 16.9. The minimum atomic E-state index is -0.610. The third kappa shape index (κ3) is 3.84. The summed E-state index contributed by atoms with van der Waals surface area (Å²) in [5, 5.41) is 9.83. The number of hydrogen-bond acceptors (Lipinski definition) is 3. The molecule has 1 aromatic carbocycles. The molecule has 1 heterocycles. The summed E-state index contributed by atoms with van der Waals surface area (Å²) in [6.07, 6.45) is 0. The van der Waals surface area contributed by atoms with Gasteiger partial charge in [0.05, 0.1) is 5.60 Å². The van der Waals surface area contributed by atoms with Crippen LogP contribution in [0.5, 0.6) is 0 Å². The Hall–Kier alpha value is -1.46. The van der Waals surface area contributed by atoms with Gasteiger partial charge in [-0.05, 0) is 37.1 Å². The average Bonchev–Trinajstić information content (AvgIpc) is 2.41. The van der Waals surface area contributed by atoms with Crippen LogP contribution >= 0.6 is 0 Å². The molecule has 2 rings (SSSR count). The van der Waals surface area contributed by atoms with Crippen molar-refractivity contribution >= 4 is 5.91 Å². The fraction of sp³-hybridized carbons (Fsp3) is 0.588. The third-order valence-corrected chi connectivity index (χ3v) is 4.25. The number of aliphatic hydroxyl groups is 1. The Bertz CT molecular complexity index is 520. The largest absolute Gasteiger partial charge is 0.388 e. The number of amides is 1. The minimum absolute atomic E-state index is 0.0497. The maximum atomic E-state index is 13.0. The molecule has 0 aliphatic carbocycles. The van der Waals surface area contributed by atoms with Gasteiger partial charge < -0.3 is 10.0 Å². The van der Waals surface area contributed by atoms with Crippen LogP contribution in [0.2, 0.25) is 0 Å². The molecular formula is C17H25FN2O2. The van der Waals surface area contributed by atoms with Crippen LogP contribution in [-0.2, 0) is 0 Å². The number of halogens is 1. The van der Waals surface area contributed by atoms with Gasteiger partial charge in [-0.3, -0.25) is 9.69 Å². The van der Waals surface area contributed by atoms with E-state index in [0.717, 1.165) is 6.54 Å². The van der Waals surface area contributed by atoms with Gasteiger partial charge in [0, 0.05) is 38.3 Å². The van der Waals surface area contributed by atoms with Gasteiger partial charge in [0.2, 0.25) is 0 Å². The monoisotopic (exact) mass is 308 g/mol. The van der Waals surface area contributed by atoms with Gasteiger partial charge in [0.15, 0.2) is 0 Å². The second-order valence-corrected chi connectivity index (χ2v) is 6.90. The molecule has 1 aliphatic heterocycles. The Morgan fingerprint density at radius 3 is 2.36 bits per heavy atom. The van der Waals surface area contributed by atoms with E-state index >= 15 is 0 Å². The van der Waals surface area contributed by atoms with Crippen molar-refractivity contribution in [2.45, 2.75) is 32.4 Å². The third-order valence-electron chi connectivity index (χ3n) is 4.25. The number of likely N-dealkylation sites (tertiary alicyclic amines) is 1. The van der Waals surface area contributed by atoms with Gasteiger partial charge in [0.25, 0.3) is 5.91 Å². The van der Waals surface area contributed by atoms with E-state index in [1.54, 1.807) is 11.9 Å². The molecule has 1 amide bonds. The number of rotatable bonds is 5. The molecule has 1 aromatic rings. The van der Waals surface area contributed by atoms with Gasteiger partial charge in [-0.2, -0.15) is 0 Å². The summed E-state index contributed by atoms with van der Waals surface area (Å²) >= 11 is 0. The van der Waals surface area contributed by atoms with Crippen LogP contribution in [-0.4, -0.2) is 59.1 Å². The molecule has 1 saturated heterocycles. The quantitative estimate of drug-likeness (QED) is 0.905. The van der Waals surface area contributed by atoms with Gasteiger partial charge in [-0.25, -0.2) is 4.39 Å². The molecule has 1 aliphatic rings. The first-order chi connectivity index (χ1) is 10.2. The second-order valence-electron chi connectivity index (χ2n) is 6.90. The van der Waals surface area contributed by atoms with Crippen molar-refractivity contribution in [3.05, 3.63) is 35.6 Å². The van der Waals surface area contributed by atoms with E-state index in [9.17, 15) is 14.3 Å². The number of likely N-dealkylation sites (N-methyl/N-ethyl adjacent to an activating group) is 1. The van der Waals surface area contributed by atoms with E-state index < -0.39 is 5.60 Å². The maximum Gasteiger partial charge on any atom is 0.253 e. The molecule has 1 fully saturated rings. The lowest BCUT2D eigenvalue weighted by molar-refractivity contribution is -0.0911. The van der Waals surface area contributed by atoms with Crippen molar-refractivity contribution in [1.82, 2.24) is 9.80 Å². The predicted molar refractivity (Wildman–Crippen MR) is 84.2 cm³/mol. The second kappa shape index (κ2) is 6.34. The molecule has 122 valence electrons. The number of carbonyl (C=O) groups excluding carboxylic acids is 1. The van der Waals surface area contributed by atoms with Crippen LogP contribution in [0.15, 0.2) is 24.3 Å². The van der Waals surface area contributed by atoms with E-state index in [1.165, 1.54) is 24.3 Å². The Labute approximate surface area is 131 Å². The molecule has 0 spiro atoms. The van der Waals surface area contributed by atoms with Crippen LogP contribution in [0.25, 0.3) is 0 Å². The summed E-state index contributed by atoms with van der Waals surface area (Å²) in [6.45, 7) is 7.98. The highest BCUT2D eigenvalue weighted by Crippen LogP contribution is 2.23. The smallest absolute Gasteiger partial charge is 0.253 e. The van der Waals surface area contributed by atoms with Gasteiger partial charge in [-0.1, -0.05) is 13.8 Å². The summed E-state index contributed by atoms with van der Waals surface area (Å²) < 4.78 is 13.0. The molecule has 0 radical (unpaired) electrons. The van der Waals surface area contributed by atoms with Crippen LogP contribution in [0.3, 0.4) is 0 Å². The molecule has 0 saturated carbocycles. The summed E-state index contributed by atoms with van der Waals surface area (Å²) in [7, 11) is 1.79. The first-order valence-corrected chi connectivity index (χ1v) is 7.67. The number of nitrogens with zero attached hydrogens (tertiary/aromatic N) is 2. The van der Waals surface area contributed by atoms with Crippen molar-refractivity contribution in [2.24, 2.45) is 5.92 Å². The lowest BCUT2D eigenvalue weighted by Crippen LogP contribution is -2.63. The Morgan fingerprint density at radius 2 is 1.91 bits per heavy atom. The van der Waals surface area contributed by atoms with E-state index in [2.05, 4.69) is 18.7 Å². The van der Waals surface area contributed by atoms with Gasteiger partial charge in [0.1, 0.15) is 5.82 Å². The Morgan fingerprint density at radius 1 is 1.36 bits per heavy atom. The summed E-state index contributed by atoms with van der Waals surface area (Å²) in [5.41, 5.74) is -0.119. The molecule has 0 aromatic heterocycles. The zero-order valence-electron chi connectivity index (χ0n) is 13.7. The minimum Gasteiger partial charge on any atom is -0.388 e. The number of β-amino-alcohol motifs (C(OH)–C–C–N with tert-alkyl or cyclic N) is 1. The van der Waals surface area contributed by atoms with Crippen molar-refractivity contribution in [3.63, 3.8) is 0 Å². The SMILES string of the molecule is CC(C)C(CN1CC(C)(O)C1)N(C)C(=O)c1ccc(F)cc1. The van der Waals surface area contributed by atoms with Crippen LogP contribution in [0.4, 0.5) is 4.39 Å². The van der Waals surface area contributed by atoms with Crippen molar-refractivity contribution in [1.29, 1.82) is 0 Å². The molecule has 1 N–H and O–H groups in total. The normalized spacial score (nSPS) is 18.9. The summed E-state index contributed by atoms with van der Waals surface area (Å²) in [6, 6.07) is 5.68. The van der Waals surface area contributed by atoms with Crippen molar-refractivity contribution in [3.8, 4) is 0 Å².